The molecule has 0 fully saturated rings. The van der Waals surface area contributed by atoms with Gasteiger partial charge in [0.1, 0.15) is 5.76 Å². The topological polar surface area (TPSA) is 9.23 Å². The van der Waals surface area contributed by atoms with Crippen LogP contribution in [0.15, 0.2) is 30.0 Å². The van der Waals surface area contributed by atoms with E-state index >= 15 is 0 Å². The smallest absolute Gasteiger partial charge is 0.166 e. The van der Waals surface area contributed by atoms with Crippen LogP contribution >= 0.6 is 0 Å². The molecule has 0 radical (unpaired) electrons. The van der Waals surface area contributed by atoms with Crippen molar-refractivity contribution < 1.29 is 13.5 Å². The Labute approximate surface area is 119 Å². The van der Waals surface area contributed by atoms with Crippen molar-refractivity contribution >= 4 is 6.08 Å². The van der Waals surface area contributed by atoms with Gasteiger partial charge in [0.25, 0.3) is 0 Å². The molecule has 1 aliphatic rings. The number of hydrogen-bond acceptors (Lipinski definition) is 1. The van der Waals surface area contributed by atoms with Crippen molar-refractivity contribution in [3.8, 4) is 0 Å². The molecule has 1 heterocycles. The van der Waals surface area contributed by atoms with E-state index in [0.717, 1.165) is 25.0 Å². The highest BCUT2D eigenvalue weighted by molar-refractivity contribution is 5.53. The number of aryl methyl sites for hydroxylation is 1. The number of allylic oxidation sites excluding steroid dienone is 2. The summed E-state index contributed by atoms with van der Waals surface area (Å²) in [6.07, 6.45) is 8.58. The summed E-state index contributed by atoms with van der Waals surface area (Å²) >= 11 is 0. The molecule has 20 heavy (non-hydrogen) atoms. The van der Waals surface area contributed by atoms with Crippen LogP contribution in [0.3, 0.4) is 0 Å². The Morgan fingerprint density at radius 3 is 2.70 bits per heavy atom. The molecule has 0 bridgehead atoms. The van der Waals surface area contributed by atoms with Crippen LogP contribution in [0.5, 0.6) is 0 Å². The molecule has 0 aromatic heterocycles. The van der Waals surface area contributed by atoms with Crippen molar-refractivity contribution in [3.05, 3.63) is 52.8 Å². The summed E-state index contributed by atoms with van der Waals surface area (Å²) < 4.78 is 32.7. The van der Waals surface area contributed by atoms with E-state index in [4.69, 9.17) is 4.74 Å². The van der Waals surface area contributed by atoms with Gasteiger partial charge in [-0.05, 0) is 49.5 Å². The van der Waals surface area contributed by atoms with E-state index < -0.39 is 11.6 Å². The molecule has 0 saturated carbocycles. The van der Waals surface area contributed by atoms with Crippen molar-refractivity contribution in [1.29, 1.82) is 0 Å². The van der Waals surface area contributed by atoms with Crippen molar-refractivity contribution in [1.82, 2.24) is 0 Å². The van der Waals surface area contributed by atoms with Gasteiger partial charge in [-0.25, -0.2) is 8.78 Å². The zero-order chi connectivity index (χ0) is 14.5. The number of rotatable bonds is 4. The summed E-state index contributed by atoms with van der Waals surface area (Å²) in [5, 5.41) is 0. The molecule has 1 aromatic rings. The lowest BCUT2D eigenvalue weighted by Gasteiger charge is -2.21. The Morgan fingerprint density at radius 1 is 1.25 bits per heavy atom. The fourth-order valence-corrected chi connectivity index (χ4v) is 2.31. The predicted octanol–water partition coefficient (Wildman–Crippen LogP) is 5.01. The maximum Gasteiger partial charge on any atom is 0.166 e. The molecule has 1 atom stereocenters. The molecule has 3 heteroatoms. The van der Waals surface area contributed by atoms with Crippen LogP contribution in [0.4, 0.5) is 8.78 Å². The van der Waals surface area contributed by atoms with E-state index in [2.05, 4.69) is 6.92 Å². The zero-order valence-electron chi connectivity index (χ0n) is 12.0. The molecule has 0 saturated heterocycles. The first kappa shape index (κ1) is 14.8. The van der Waals surface area contributed by atoms with Crippen LogP contribution < -0.4 is 0 Å². The van der Waals surface area contributed by atoms with E-state index in [9.17, 15) is 8.78 Å². The minimum Gasteiger partial charge on any atom is -0.494 e. The highest BCUT2D eigenvalue weighted by atomic mass is 19.2. The van der Waals surface area contributed by atoms with E-state index in [-0.39, 0.29) is 5.56 Å². The summed E-state index contributed by atoms with van der Waals surface area (Å²) in [5.74, 6) is -0.279. The molecule has 0 N–H and O–H groups in total. The van der Waals surface area contributed by atoms with Crippen LogP contribution in [0, 0.1) is 24.5 Å². The third-order valence-corrected chi connectivity index (χ3v) is 3.57. The van der Waals surface area contributed by atoms with Gasteiger partial charge in [-0.3, -0.25) is 0 Å². The van der Waals surface area contributed by atoms with Crippen molar-refractivity contribution in [2.75, 3.05) is 6.61 Å². The largest absolute Gasteiger partial charge is 0.494 e. The number of hydrogen-bond donors (Lipinski definition) is 0. The third-order valence-electron chi connectivity index (χ3n) is 3.57. The quantitative estimate of drug-likeness (QED) is 0.752. The van der Waals surface area contributed by atoms with Crippen LogP contribution in [-0.2, 0) is 4.74 Å². The zero-order valence-corrected chi connectivity index (χ0v) is 12.0. The highest BCUT2D eigenvalue weighted by Gasteiger charge is 2.13. The van der Waals surface area contributed by atoms with Gasteiger partial charge in [-0.1, -0.05) is 25.5 Å². The molecule has 108 valence electrons. The van der Waals surface area contributed by atoms with Gasteiger partial charge in [0.05, 0.1) is 6.61 Å². The minimum atomic E-state index is -0.804. The highest BCUT2D eigenvalue weighted by Crippen LogP contribution is 2.22. The van der Waals surface area contributed by atoms with Crippen molar-refractivity contribution in [2.45, 2.75) is 33.1 Å². The lowest BCUT2D eigenvalue weighted by atomic mass is 9.98. The van der Waals surface area contributed by atoms with Crippen molar-refractivity contribution in [2.24, 2.45) is 5.92 Å². The monoisotopic (exact) mass is 278 g/mol. The SMILES string of the molecule is CCCC1CC=C(/C=C/c2ccc(C)c(F)c2F)OC1. The normalized spacial score (nSPS) is 19.0. The fraction of sp³-hybridized carbons (Fsp3) is 0.412. The van der Waals surface area contributed by atoms with E-state index in [1.54, 1.807) is 31.2 Å². The first-order chi connectivity index (χ1) is 9.61. The molecular formula is C17H20F2O. The number of ether oxygens (including phenoxy) is 1. The van der Waals surface area contributed by atoms with E-state index in [1.165, 1.54) is 0 Å². The maximum atomic E-state index is 13.7. The number of halogens is 2. The summed E-state index contributed by atoms with van der Waals surface area (Å²) in [5.41, 5.74) is 0.559. The first-order valence-electron chi connectivity index (χ1n) is 7.07. The minimum absolute atomic E-state index is 0.244. The van der Waals surface area contributed by atoms with Crippen LogP contribution in [-0.4, -0.2) is 6.61 Å². The molecule has 1 aliphatic heterocycles. The molecule has 1 unspecified atom stereocenters. The first-order valence-corrected chi connectivity index (χ1v) is 7.07. The summed E-state index contributed by atoms with van der Waals surface area (Å²) in [6.45, 7) is 4.41. The number of benzene rings is 1. The average molecular weight is 278 g/mol. The molecular weight excluding hydrogens is 258 g/mol. The van der Waals surface area contributed by atoms with E-state index in [1.807, 2.05) is 6.08 Å². The van der Waals surface area contributed by atoms with Gasteiger partial charge in [0.15, 0.2) is 11.6 Å². The molecule has 0 aliphatic carbocycles. The van der Waals surface area contributed by atoms with E-state index in [0.29, 0.717) is 18.1 Å². The van der Waals surface area contributed by atoms with Crippen LogP contribution in [0.25, 0.3) is 6.08 Å². The second kappa shape index (κ2) is 6.69. The Balaban J connectivity index is 2.06. The van der Waals surface area contributed by atoms with Gasteiger partial charge < -0.3 is 4.74 Å². The summed E-state index contributed by atoms with van der Waals surface area (Å²) in [7, 11) is 0. The predicted molar refractivity (Wildman–Crippen MR) is 77.2 cm³/mol. The van der Waals surface area contributed by atoms with Gasteiger partial charge >= 0.3 is 0 Å². The van der Waals surface area contributed by atoms with Gasteiger partial charge in [-0.2, -0.15) is 0 Å². The summed E-state index contributed by atoms with van der Waals surface area (Å²) in [6, 6.07) is 3.15. The molecule has 1 nitrogen and oxygen atoms in total. The molecule has 1 aromatic carbocycles. The van der Waals surface area contributed by atoms with Gasteiger partial charge in [0.2, 0.25) is 0 Å². The standard InChI is InChI=1S/C17H20F2O/c1-3-4-13-6-9-15(20-11-13)10-8-14-7-5-12(2)16(18)17(14)19/h5,7-10,13H,3-4,6,11H2,1-2H3/b10-8+. The Kier molecular flexibility index (Phi) is 4.94. The van der Waals surface area contributed by atoms with Crippen LogP contribution in [0.2, 0.25) is 0 Å². The van der Waals surface area contributed by atoms with Crippen molar-refractivity contribution in [3.63, 3.8) is 0 Å². The lowest BCUT2D eigenvalue weighted by molar-refractivity contribution is 0.151. The Morgan fingerprint density at radius 2 is 2.05 bits per heavy atom. The third kappa shape index (κ3) is 3.47. The molecule has 2 rings (SSSR count). The Bertz CT molecular complexity index is 532. The average Bonchev–Trinajstić information content (AvgIpc) is 2.46. The van der Waals surface area contributed by atoms with Gasteiger partial charge in [0, 0.05) is 5.56 Å². The maximum absolute atomic E-state index is 13.7. The van der Waals surface area contributed by atoms with Gasteiger partial charge in [-0.15, -0.1) is 0 Å². The molecule has 0 amide bonds. The second-order valence-electron chi connectivity index (χ2n) is 5.24. The fourth-order valence-electron chi connectivity index (χ4n) is 2.31. The summed E-state index contributed by atoms with van der Waals surface area (Å²) in [4.78, 5) is 0. The van der Waals surface area contributed by atoms with Crippen LogP contribution in [0.1, 0.15) is 37.3 Å². The second-order valence-corrected chi connectivity index (χ2v) is 5.24. The lowest BCUT2D eigenvalue weighted by Crippen LogP contribution is -2.12. The Hall–Kier alpha value is -1.64. The molecule has 0 spiro atoms.